The minimum Gasteiger partial charge on any atom is -0.263 e. The number of aromatic amines is 1. The standard InChI is InChI=1S/C9H13N3/c1-9(4-5-9)8-10-7(11-12-8)6-2-3-6/h6H,2-5H2,1H3,(H,10,11,12). The van der Waals surface area contributed by atoms with Crippen LogP contribution in [0.1, 0.15) is 50.2 Å². The van der Waals surface area contributed by atoms with Crippen molar-refractivity contribution in [1.29, 1.82) is 0 Å². The van der Waals surface area contributed by atoms with E-state index in [2.05, 4.69) is 22.1 Å². The summed E-state index contributed by atoms with van der Waals surface area (Å²) in [5.74, 6) is 2.87. The van der Waals surface area contributed by atoms with Crippen molar-refractivity contribution in [1.82, 2.24) is 15.2 Å². The molecule has 0 amide bonds. The van der Waals surface area contributed by atoms with Crippen molar-refractivity contribution in [2.75, 3.05) is 0 Å². The molecule has 0 bridgehead atoms. The largest absolute Gasteiger partial charge is 0.263 e. The number of hydrogen-bond acceptors (Lipinski definition) is 2. The van der Waals surface area contributed by atoms with E-state index >= 15 is 0 Å². The molecular weight excluding hydrogens is 150 g/mol. The van der Waals surface area contributed by atoms with Crippen LogP contribution in [0.15, 0.2) is 0 Å². The second-order valence-electron chi connectivity index (χ2n) is 4.38. The van der Waals surface area contributed by atoms with E-state index in [1.165, 1.54) is 25.7 Å². The van der Waals surface area contributed by atoms with E-state index in [9.17, 15) is 0 Å². The van der Waals surface area contributed by atoms with Crippen LogP contribution in [0.2, 0.25) is 0 Å². The smallest absolute Gasteiger partial charge is 0.156 e. The molecule has 2 saturated carbocycles. The fraction of sp³-hybridized carbons (Fsp3) is 0.778. The molecule has 3 nitrogen and oxygen atoms in total. The highest BCUT2D eigenvalue weighted by Gasteiger charge is 2.43. The second-order valence-corrected chi connectivity index (χ2v) is 4.38. The van der Waals surface area contributed by atoms with Crippen LogP contribution in [-0.2, 0) is 5.41 Å². The van der Waals surface area contributed by atoms with Gasteiger partial charge in [0.25, 0.3) is 0 Å². The van der Waals surface area contributed by atoms with E-state index in [1.807, 2.05) is 0 Å². The third kappa shape index (κ3) is 0.886. The van der Waals surface area contributed by atoms with Crippen LogP contribution in [0.3, 0.4) is 0 Å². The molecule has 1 N–H and O–H groups in total. The van der Waals surface area contributed by atoms with Crippen molar-refractivity contribution in [2.45, 2.75) is 43.9 Å². The zero-order valence-electron chi connectivity index (χ0n) is 7.30. The number of nitrogens with one attached hydrogen (secondary N) is 1. The van der Waals surface area contributed by atoms with Gasteiger partial charge in [-0.25, -0.2) is 4.98 Å². The van der Waals surface area contributed by atoms with E-state index < -0.39 is 0 Å². The molecule has 0 unspecified atom stereocenters. The Bertz CT molecular complexity index is 307. The number of nitrogens with zero attached hydrogens (tertiary/aromatic N) is 2. The van der Waals surface area contributed by atoms with Gasteiger partial charge in [0.1, 0.15) is 5.82 Å². The van der Waals surface area contributed by atoms with Crippen molar-refractivity contribution in [3.63, 3.8) is 0 Å². The first-order valence-electron chi connectivity index (χ1n) is 4.71. The average Bonchev–Trinajstić information content (AvgIpc) is 2.97. The van der Waals surface area contributed by atoms with Crippen LogP contribution >= 0.6 is 0 Å². The summed E-state index contributed by atoms with van der Waals surface area (Å²) in [5, 5.41) is 7.33. The maximum absolute atomic E-state index is 4.54. The molecule has 1 heterocycles. The second kappa shape index (κ2) is 1.90. The molecule has 0 aliphatic heterocycles. The Morgan fingerprint density at radius 3 is 2.75 bits per heavy atom. The number of H-pyrrole nitrogens is 1. The van der Waals surface area contributed by atoms with Crippen LogP contribution < -0.4 is 0 Å². The van der Waals surface area contributed by atoms with Gasteiger partial charge in [-0.2, -0.15) is 5.10 Å². The molecule has 3 heteroatoms. The van der Waals surface area contributed by atoms with Crippen LogP contribution in [0.25, 0.3) is 0 Å². The van der Waals surface area contributed by atoms with Gasteiger partial charge in [0.15, 0.2) is 5.82 Å². The maximum atomic E-state index is 4.54. The number of aromatic nitrogens is 3. The molecule has 2 aliphatic rings. The van der Waals surface area contributed by atoms with Crippen LogP contribution in [0.5, 0.6) is 0 Å². The van der Waals surface area contributed by atoms with Gasteiger partial charge in [0.05, 0.1) is 0 Å². The van der Waals surface area contributed by atoms with E-state index in [0.717, 1.165) is 11.6 Å². The maximum Gasteiger partial charge on any atom is 0.156 e. The third-order valence-electron chi connectivity index (χ3n) is 3.01. The van der Waals surface area contributed by atoms with Gasteiger partial charge in [-0.05, 0) is 25.7 Å². The summed E-state index contributed by atoms with van der Waals surface area (Å²) in [6.07, 6.45) is 5.11. The number of rotatable bonds is 2. The molecular formula is C9H13N3. The zero-order chi connectivity index (χ0) is 8.18. The molecule has 1 aromatic heterocycles. The summed E-state index contributed by atoms with van der Waals surface area (Å²) in [7, 11) is 0. The first-order valence-corrected chi connectivity index (χ1v) is 4.71. The molecule has 64 valence electrons. The molecule has 12 heavy (non-hydrogen) atoms. The molecule has 0 aromatic carbocycles. The topological polar surface area (TPSA) is 41.6 Å². The van der Waals surface area contributed by atoms with Gasteiger partial charge in [0.2, 0.25) is 0 Å². The van der Waals surface area contributed by atoms with Gasteiger partial charge in [-0.1, -0.05) is 6.92 Å². The number of hydrogen-bond donors (Lipinski definition) is 1. The summed E-state index contributed by atoms with van der Waals surface area (Å²) in [6, 6.07) is 0. The van der Waals surface area contributed by atoms with Crippen LogP contribution in [0.4, 0.5) is 0 Å². The highest BCUT2D eigenvalue weighted by molar-refractivity contribution is 5.17. The molecule has 1 aromatic rings. The molecule has 3 rings (SSSR count). The first-order chi connectivity index (χ1) is 5.78. The fourth-order valence-electron chi connectivity index (χ4n) is 1.49. The summed E-state index contributed by atoms with van der Waals surface area (Å²) < 4.78 is 0. The average molecular weight is 163 g/mol. The molecule has 2 fully saturated rings. The van der Waals surface area contributed by atoms with Crippen molar-refractivity contribution in [3.05, 3.63) is 11.6 Å². The lowest BCUT2D eigenvalue weighted by molar-refractivity contribution is 0.713. The van der Waals surface area contributed by atoms with E-state index in [0.29, 0.717) is 11.3 Å². The summed E-state index contributed by atoms with van der Waals surface area (Å²) in [6.45, 7) is 2.24. The van der Waals surface area contributed by atoms with Crippen LogP contribution in [-0.4, -0.2) is 15.2 Å². The Hall–Kier alpha value is -0.860. The van der Waals surface area contributed by atoms with E-state index in [-0.39, 0.29) is 0 Å². The van der Waals surface area contributed by atoms with E-state index in [1.54, 1.807) is 0 Å². The van der Waals surface area contributed by atoms with Gasteiger partial charge in [-0.15, -0.1) is 0 Å². The summed E-state index contributed by atoms with van der Waals surface area (Å²) in [5.41, 5.74) is 0.323. The van der Waals surface area contributed by atoms with Crippen LogP contribution in [0, 0.1) is 0 Å². The fourth-order valence-corrected chi connectivity index (χ4v) is 1.49. The molecule has 0 radical (unpaired) electrons. The van der Waals surface area contributed by atoms with Gasteiger partial charge in [0, 0.05) is 11.3 Å². The van der Waals surface area contributed by atoms with Gasteiger partial charge < -0.3 is 0 Å². The SMILES string of the molecule is CC1(c2n[nH]c(C3CC3)n2)CC1. The Balaban J connectivity index is 1.91. The van der Waals surface area contributed by atoms with Gasteiger partial charge >= 0.3 is 0 Å². The summed E-state index contributed by atoms with van der Waals surface area (Å²) in [4.78, 5) is 4.54. The summed E-state index contributed by atoms with van der Waals surface area (Å²) >= 11 is 0. The monoisotopic (exact) mass is 163 g/mol. The Labute approximate surface area is 71.6 Å². The predicted octanol–water partition coefficient (Wildman–Crippen LogP) is 1.73. The lowest BCUT2D eigenvalue weighted by Crippen LogP contribution is -2.02. The molecule has 0 saturated heterocycles. The quantitative estimate of drug-likeness (QED) is 0.721. The first kappa shape index (κ1) is 6.63. The molecule has 0 spiro atoms. The zero-order valence-corrected chi connectivity index (χ0v) is 7.30. The minimum absolute atomic E-state index is 0.323. The van der Waals surface area contributed by atoms with Crippen molar-refractivity contribution < 1.29 is 0 Å². The third-order valence-corrected chi connectivity index (χ3v) is 3.01. The lowest BCUT2D eigenvalue weighted by Gasteiger charge is -1.98. The van der Waals surface area contributed by atoms with Crippen molar-refractivity contribution >= 4 is 0 Å². The van der Waals surface area contributed by atoms with Gasteiger partial charge in [-0.3, -0.25) is 5.10 Å². The Kier molecular flexibility index (Phi) is 1.05. The van der Waals surface area contributed by atoms with Crippen molar-refractivity contribution in [3.8, 4) is 0 Å². The predicted molar refractivity (Wildman–Crippen MR) is 44.9 cm³/mol. The highest BCUT2D eigenvalue weighted by atomic mass is 15.2. The highest BCUT2D eigenvalue weighted by Crippen LogP contribution is 2.47. The minimum atomic E-state index is 0.323. The van der Waals surface area contributed by atoms with Crippen molar-refractivity contribution in [2.24, 2.45) is 0 Å². The Morgan fingerprint density at radius 2 is 2.17 bits per heavy atom. The van der Waals surface area contributed by atoms with E-state index in [4.69, 9.17) is 0 Å². The molecule has 0 atom stereocenters. The normalized spacial score (nSPS) is 25.8. The lowest BCUT2D eigenvalue weighted by atomic mass is 10.1. The Morgan fingerprint density at radius 1 is 1.42 bits per heavy atom. The molecule has 2 aliphatic carbocycles.